The maximum Gasteiger partial charge on any atom is 0.167 e. The summed E-state index contributed by atoms with van der Waals surface area (Å²) in [6, 6.07) is 0. The number of aliphatic hydroxyl groups is 3. The lowest BCUT2D eigenvalue weighted by molar-refractivity contribution is -0.0804. The molecule has 9 heteroatoms. The van der Waals surface area contributed by atoms with Gasteiger partial charge in [-0.15, -0.1) is 0 Å². The van der Waals surface area contributed by atoms with E-state index in [1.165, 1.54) is 24.1 Å². The summed E-state index contributed by atoms with van der Waals surface area (Å²) in [6.07, 6.45) is -0.401. The van der Waals surface area contributed by atoms with Crippen molar-refractivity contribution in [2.75, 3.05) is 6.61 Å². The maximum atomic E-state index is 10.2. The first-order chi connectivity index (χ1) is 9.46. The molecular formula is C11H13ClN4O4. The SMILES string of the molecule is C[C@@]1(O)[C@@H](CO)O[C@@H](n2cnc3c(Cl)ncnc32)[C@@H]1O. The van der Waals surface area contributed by atoms with Gasteiger partial charge < -0.3 is 20.1 Å². The largest absolute Gasteiger partial charge is 0.394 e. The molecule has 1 saturated heterocycles. The Kier molecular flexibility index (Phi) is 3.14. The molecule has 4 atom stereocenters. The van der Waals surface area contributed by atoms with Crippen molar-refractivity contribution < 1.29 is 20.1 Å². The van der Waals surface area contributed by atoms with Gasteiger partial charge in [0.2, 0.25) is 0 Å². The minimum atomic E-state index is -1.58. The fourth-order valence-corrected chi connectivity index (χ4v) is 2.49. The van der Waals surface area contributed by atoms with Crippen LogP contribution in [0.25, 0.3) is 11.2 Å². The molecule has 0 amide bonds. The molecule has 1 aliphatic rings. The zero-order valence-corrected chi connectivity index (χ0v) is 11.3. The van der Waals surface area contributed by atoms with E-state index in [0.29, 0.717) is 11.2 Å². The van der Waals surface area contributed by atoms with Crippen molar-refractivity contribution in [3.8, 4) is 0 Å². The predicted octanol–water partition coefficient (Wildman–Crippen LogP) is -0.519. The molecule has 0 aromatic carbocycles. The van der Waals surface area contributed by atoms with Gasteiger partial charge in [0.1, 0.15) is 29.7 Å². The Hall–Kier alpha value is -1.32. The monoisotopic (exact) mass is 300 g/mol. The smallest absolute Gasteiger partial charge is 0.167 e. The molecule has 3 N–H and O–H groups in total. The van der Waals surface area contributed by atoms with Gasteiger partial charge in [0.05, 0.1) is 12.9 Å². The number of ether oxygens (including phenoxy) is 1. The molecule has 108 valence electrons. The Balaban J connectivity index is 2.06. The lowest BCUT2D eigenvalue weighted by Gasteiger charge is -2.25. The summed E-state index contributed by atoms with van der Waals surface area (Å²) >= 11 is 5.91. The first kappa shape index (κ1) is 13.7. The van der Waals surface area contributed by atoms with Crippen LogP contribution in [0.5, 0.6) is 0 Å². The van der Waals surface area contributed by atoms with Crippen LogP contribution in [0.3, 0.4) is 0 Å². The minimum Gasteiger partial charge on any atom is -0.394 e. The van der Waals surface area contributed by atoms with E-state index in [-0.39, 0.29) is 5.15 Å². The highest BCUT2D eigenvalue weighted by atomic mass is 35.5. The zero-order valence-electron chi connectivity index (χ0n) is 10.5. The molecule has 0 unspecified atom stereocenters. The molecule has 20 heavy (non-hydrogen) atoms. The lowest BCUT2D eigenvalue weighted by Crippen LogP contribution is -2.46. The Labute approximate surface area is 118 Å². The molecule has 2 aromatic heterocycles. The molecule has 1 aliphatic heterocycles. The van der Waals surface area contributed by atoms with Crippen molar-refractivity contribution in [1.82, 2.24) is 19.5 Å². The third-order valence-corrected chi connectivity index (χ3v) is 3.86. The fourth-order valence-electron chi connectivity index (χ4n) is 2.31. The number of hydrogen-bond acceptors (Lipinski definition) is 7. The van der Waals surface area contributed by atoms with Gasteiger partial charge >= 0.3 is 0 Å². The fraction of sp³-hybridized carbons (Fsp3) is 0.545. The molecule has 3 heterocycles. The van der Waals surface area contributed by atoms with Gasteiger partial charge in [0.25, 0.3) is 0 Å². The molecule has 8 nitrogen and oxygen atoms in total. The van der Waals surface area contributed by atoms with E-state index in [9.17, 15) is 15.3 Å². The van der Waals surface area contributed by atoms with Crippen LogP contribution in [-0.4, -0.2) is 59.3 Å². The molecule has 0 saturated carbocycles. The minimum absolute atomic E-state index is 0.187. The topological polar surface area (TPSA) is 114 Å². The van der Waals surface area contributed by atoms with E-state index >= 15 is 0 Å². The second-order valence-corrected chi connectivity index (χ2v) is 5.22. The van der Waals surface area contributed by atoms with E-state index < -0.39 is 30.6 Å². The van der Waals surface area contributed by atoms with Crippen LogP contribution in [0.2, 0.25) is 5.15 Å². The lowest BCUT2D eigenvalue weighted by atomic mass is 9.95. The highest BCUT2D eigenvalue weighted by Crippen LogP contribution is 2.38. The molecular weight excluding hydrogens is 288 g/mol. The molecule has 0 bridgehead atoms. The van der Waals surface area contributed by atoms with Gasteiger partial charge in [-0.1, -0.05) is 11.6 Å². The Bertz CT molecular complexity index is 646. The van der Waals surface area contributed by atoms with Crippen LogP contribution < -0.4 is 0 Å². The zero-order chi connectivity index (χ0) is 14.5. The van der Waals surface area contributed by atoms with Gasteiger partial charge in [-0.05, 0) is 6.92 Å². The number of nitrogens with zero attached hydrogens (tertiary/aromatic N) is 4. The molecule has 0 radical (unpaired) electrons. The van der Waals surface area contributed by atoms with Crippen LogP contribution in [0.4, 0.5) is 0 Å². The van der Waals surface area contributed by atoms with Crippen LogP contribution in [-0.2, 0) is 4.74 Å². The molecule has 3 rings (SSSR count). The van der Waals surface area contributed by atoms with Crippen LogP contribution in [0.1, 0.15) is 13.2 Å². The molecule has 1 fully saturated rings. The predicted molar refractivity (Wildman–Crippen MR) is 68.0 cm³/mol. The second kappa shape index (κ2) is 4.61. The number of aliphatic hydroxyl groups excluding tert-OH is 2. The summed E-state index contributed by atoms with van der Waals surface area (Å²) in [5.41, 5.74) is -0.826. The first-order valence-corrected chi connectivity index (χ1v) is 6.34. The third-order valence-electron chi connectivity index (χ3n) is 3.58. The van der Waals surface area contributed by atoms with Gasteiger partial charge in [-0.3, -0.25) is 4.57 Å². The van der Waals surface area contributed by atoms with E-state index in [2.05, 4.69) is 15.0 Å². The second-order valence-electron chi connectivity index (χ2n) is 4.86. The quantitative estimate of drug-likeness (QED) is 0.640. The van der Waals surface area contributed by atoms with Gasteiger partial charge in [0.15, 0.2) is 17.0 Å². The number of hydrogen-bond donors (Lipinski definition) is 3. The standard InChI is InChI=1S/C11H13ClN4O4/c1-11(19)5(2-17)20-10(7(11)18)16-4-15-6-8(12)13-3-14-9(6)16/h3-5,7,10,17-19H,2H2,1H3/t5-,7+,10-,11-/m1/s1. The van der Waals surface area contributed by atoms with Crippen molar-refractivity contribution in [2.24, 2.45) is 0 Å². The van der Waals surface area contributed by atoms with E-state index in [0.717, 1.165) is 0 Å². The summed E-state index contributed by atoms with van der Waals surface area (Å²) in [5, 5.41) is 29.8. The van der Waals surface area contributed by atoms with Crippen molar-refractivity contribution in [3.05, 3.63) is 17.8 Å². The highest BCUT2D eigenvalue weighted by molar-refractivity contribution is 6.33. The molecule has 0 spiro atoms. The normalized spacial score (nSPS) is 34.0. The third kappa shape index (κ3) is 1.80. The molecule has 0 aliphatic carbocycles. The van der Waals surface area contributed by atoms with Gasteiger partial charge in [-0.25, -0.2) is 15.0 Å². The Morgan fingerprint density at radius 1 is 1.45 bits per heavy atom. The number of fused-ring (bicyclic) bond motifs is 1. The van der Waals surface area contributed by atoms with E-state index in [1.54, 1.807) is 0 Å². The summed E-state index contributed by atoms with van der Waals surface area (Å²) in [6.45, 7) is 0.989. The summed E-state index contributed by atoms with van der Waals surface area (Å²) in [4.78, 5) is 11.9. The summed E-state index contributed by atoms with van der Waals surface area (Å²) in [7, 11) is 0. The van der Waals surface area contributed by atoms with Gasteiger partial charge in [0, 0.05) is 0 Å². The number of rotatable bonds is 2. The van der Waals surface area contributed by atoms with E-state index in [1.807, 2.05) is 0 Å². The van der Waals surface area contributed by atoms with Crippen molar-refractivity contribution in [1.29, 1.82) is 0 Å². The van der Waals surface area contributed by atoms with E-state index in [4.69, 9.17) is 16.3 Å². The number of halogens is 1. The number of aromatic nitrogens is 4. The van der Waals surface area contributed by atoms with Gasteiger partial charge in [-0.2, -0.15) is 0 Å². The van der Waals surface area contributed by atoms with Crippen LogP contribution >= 0.6 is 11.6 Å². The van der Waals surface area contributed by atoms with Crippen molar-refractivity contribution in [3.63, 3.8) is 0 Å². The van der Waals surface area contributed by atoms with Crippen LogP contribution in [0.15, 0.2) is 12.7 Å². The molecule has 2 aromatic rings. The average Bonchev–Trinajstić information content (AvgIpc) is 2.92. The summed E-state index contributed by atoms with van der Waals surface area (Å²) < 4.78 is 6.96. The van der Waals surface area contributed by atoms with Crippen molar-refractivity contribution in [2.45, 2.75) is 31.0 Å². The first-order valence-electron chi connectivity index (χ1n) is 5.96. The van der Waals surface area contributed by atoms with Crippen LogP contribution in [0, 0.1) is 0 Å². The highest BCUT2D eigenvalue weighted by Gasteiger charge is 2.52. The average molecular weight is 301 g/mol. The Morgan fingerprint density at radius 3 is 2.85 bits per heavy atom. The van der Waals surface area contributed by atoms with Crippen molar-refractivity contribution >= 4 is 22.8 Å². The maximum absolute atomic E-state index is 10.2. The Morgan fingerprint density at radius 2 is 2.20 bits per heavy atom. The number of imidazole rings is 1. The summed E-state index contributed by atoms with van der Waals surface area (Å²) in [5.74, 6) is 0.